The summed E-state index contributed by atoms with van der Waals surface area (Å²) in [6.07, 6.45) is 1.93. The van der Waals surface area contributed by atoms with Crippen LogP contribution in [0, 0.1) is 0 Å². The van der Waals surface area contributed by atoms with E-state index in [1.807, 2.05) is 18.2 Å². The van der Waals surface area contributed by atoms with Crippen molar-refractivity contribution in [1.82, 2.24) is 5.32 Å². The maximum Gasteiger partial charge on any atom is 0.335 e. The average molecular weight is 241 g/mol. The molecule has 1 aliphatic heterocycles. The summed E-state index contributed by atoms with van der Waals surface area (Å²) >= 11 is 0. The lowest BCUT2D eigenvalue weighted by Gasteiger charge is -2.15. The summed E-state index contributed by atoms with van der Waals surface area (Å²) in [6.45, 7) is 0. The number of nitrogens with one attached hydrogen (secondary N) is 1. The molecule has 0 saturated carbocycles. The first-order valence-electron chi connectivity index (χ1n) is 5.63. The van der Waals surface area contributed by atoms with E-state index in [-0.39, 0.29) is 5.78 Å². The fourth-order valence-corrected chi connectivity index (χ4v) is 2.33. The van der Waals surface area contributed by atoms with Crippen molar-refractivity contribution in [3.63, 3.8) is 0 Å². The predicted octanol–water partition coefficient (Wildman–Crippen LogP) is 1.64. The summed E-state index contributed by atoms with van der Waals surface area (Å²) in [6, 6.07) is 7.43. The summed E-state index contributed by atoms with van der Waals surface area (Å²) in [5.74, 6) is -0.416. The van der Waals surface area contributed by atoms with E-state index in [2.05, 4.69) is 10.1 Å². The molecule has 4 nitrogen and oxygen atoms in total. The molecule has 0 saturated heterocycles. The molecule has 0 radical (unpaired) electrons. The molecule has 0 bridgehead atoms. The van der Waals surface area contributed by atoms with Crippen molar-refractivity contribution in [2.75, 3.05) is 7.11 Å². The number of Topliss-reactive ketones (excluding diaryl/α,β-unsaturated/α-hetero) is 1. The van der Waals surface area contributed by atoms with E-state index in [9.17, 15) is 9.59 Å². The maximum absolute atomic E-state index is 12.2. The van der Waals surface area contributed by atoms with Crippen LogP contribution in [0.2, 0.25) is 0 Å². The van der Waals surface area contributed by atoms with Gasteiger partial charge in [-0.3, -0.25) is 4.79 Å². The Kier molecular flexibility index (Phi) is 2.30. The van der Waals surface area contributed by atoms with Gasteiger partial charge in [-0.05, 0) is 0 Å². The fraction of sp³-hybridized carbons (Fsp3) is 0.143. The SMILES string of the molecule is COC(=O)C1=CNC2=C(C1)C(=O)c1ccccc12. The van der Waals surface area contributed by atoms with Crippen LogP contribution in [0.3, 0.4) is 0 Å². The van der Waals surface area contributed by atoms with E-state index in [1.54, 1.807) is 12.3 Å². The van der Waals surface area contributed by atoms with E-state index in [0.29, 0.717) is 23.1 Å². The van der Waals surface area contributed by atoms with Crippen molar-refractivity contribution in [2.45, 2.75) is 6.42 Å². The zero-order valence-electron chi connectivity index (χ0n) is 9.82. The van der Waals surface area contributed by atoms with Crippen LogP contribution >= 0.6 is 0 Å². The second-order valence-electron chi connectivity index (χ2n) is 4.21. The molecule has 0 fully saturated rings. The first-order valence-corrected chi connectivity index (χ1v) is 5.63. The minimum absolute atomic E-state index is 0.0115. The summed E-state index contributed by atoms with van der Waals surface area (Å²) in [4.78, 5) is 23.7. The topological polar surface area (TPSA) is 55.4 Å². The van der Waals surface area contributed by atoms with Gasteiger partial charge < -0.3 is 10.1 Å². The summed E-state index contributed by atoms with van der Waals surface area (Å²) in [5, 5.41) is 3.03. The maximum atomic E-state index is 12.2. The number of methoxy groups -OCH3 is 1. The highest BCUT2D eigenvalue weighted by Gasteiger charge is 2.32. The van der Waals surface area contributed by atoms with Gasteiger partial charge in [0, 0.05) is 29.3 Å². The Balaban J connectivity index is 1.99. The van der Waals surface area contributed by atoms with Gasteiger partial charge in [-0.2, -0.15) is 0 Å². The van der Waals surface area contributed by atoms with E-state index in [4.69, 9.17) is 0 Å². The van der Waals surface area contributed by atoms with E-state index in [0.717, 1.165) is 11.3 Å². The smallest absolute Gasteiger partial charge is 0.335 e. The molecule has 3 rings (SSSR count). The monoisotopic (exact) mass is 241 g/mol. The van der Waals surface area contributed by atoms with Crippen LogP contribution < -0.4 is 5.32 Å². The third-order valence-corrected chi connectivity index (χ3v) is 3.22. The quantitative estimate of drug-likeness (QED) is 0.759. The summed E-state index contributed by atoms with van der Waals surface area (Å²) < 4.78 is 4.67. The van der Waals surface area contributed by atoms with Gasteiger partial charge in [0.1, 0.15) is 0 Å². The van der Waals surface area contributed by atoms with Crippen molar-refractivity contribution < 1.29 is 14.3 Å². The van der Waals surface area contributed by atoms with Gasteiger partial charge >= 0.3 is 5.97 Å². The van der Waals surface area contributed by atoms with Crippen molar-refractivity contribution >= 4 is 17.4 Å². The number of carbonyl (C=O) groups is 2. The van der Waals surface area contributed by atoms with Crippen molar-refractivity contribution in [3.8, 4) is 0 Å². The minimum Gasteiger partial charge on any atom is -0.466 e. The molecular formula is C14H11NO3. The molecule has 1 heterocycles. The van der Waals surface area contributed by atoms with E-state index < -0.39 is 5.97 Å². The summed E-state index contributed by atoms with van der Waals surface area (Å²) in [5.41, 5.74) is 3.51. The molecule has 0 unspecified atom stereocenters. The van der Waals surface area contributed by atoms with Gasteiger partial charge in [-0.1, -0.05) is 24.3 Å². The lowest BCUT2D eigenvalue weighted by atomic mass is 10.0. The third-order valence-electron chi connectivity index (χ3n) is 3.22. The van der Waals surface area contributed by atoms with Crippen LogP contribution in [-0.4, -0.2) is 18.9 Å². The van der Waals surface area contributed by atoms with Crippen LogP contribution in [-0.2, 0) is 9.53 Å². The molecule has 1 aliphatic carbocycles. The summed E-state index contributed by atoms with van der Waals surface area (Å²) in [7, 11) is 1.33. The predicted molar refractivity (Wildman–Crippen MR) is 65.5 cm³/mol. The number of ketones is 1. The third kappa shape index (κ3) is 1.39. The number of esters is 1. The van der Waals surface area contributed by atoms with Gasteiger partial charge in [0.2, 0.25) is 0 Å². The van der Waals surface area contributed by atoms with E-state index in [1.165, 1.54) is 7.11 Å². The molecule has 1 N–H and O–H groups in total. The van der Waals surface area contributed by atoms with Crippen molar-refractivity contribution in [1.29, 1.82) is 0 Å². The number of benzene rings is 1. The van der Waals surface area contributed by atoms with Crippen molar-refractivity contribution in [2.24, 2.45) is 0 Å². The molecule has 1 aromatic carbocycles. The number of allylic oxidation sites excluding steroid dienone is 1. The number of dihydropyridines is 1. The molecule has 4 heteroatoms. The molecule has 0 amide bonds. The zero-order chi connectivity index (χ0) is 12.7. The highest BCUT2D eigenvalue weighted by Crippen LogP contribution is 2.36. The Labute approximate surface area is 104 Å². The zero-order valence-corrected chi connectivity index (χ0v) is 9.82. The molecule has 1 aromatic rings. The van der Waals surface area contributed by atoms with Crippen molar-refractivity contribution in [3.05, 3.63) is 52.7 Å². The highest BCUT2D eigenvalue weighted by atomic mass is 16.5. The number of hydrogen-bond donors (Lipinski definition) is 1. The second-order valence-corrected chi connectivity index (χ2v) is 4.21. The molecule has 90 valence electrons. The molecule has 0 aromatic heterocycles. The Morgan fingerprint density at radius 1 is 1.28 bits per heavy atom. The largest absolute Gasteiger partial charge is 0.466 e. The molecule has 0 spiro atoms. The van der Waals surface area contributed by atoms with Gasteiger partial charge in [0.15, 0.2) is 5.78 Å². The minimum atomic E-state index is -0.405. The fourth-order valence-electron chi connectivity index (χ4n) is 2.33. The Morgan fingerprint density at radius 3 is 2.72 bits per heavy atom. The molecule has 2 aliphatic rings. The number of ether oxygens (including phenoxy) is 1. The van der Waals surface area contributed by atoms with Crippen LogP contribution in [0.15, 0.2) is 41.6 Å². The number of rotatable bonds is 1. The molecule has 18 heavy (non-hydrogen) atoms. The first-order chi connectivity index (χ1) is 8.72. The number of hydrogen-bond acceptors (Lipinski definition) is 4. The van der Waals surface area contributed by atoms with Gasteiger partial charge in [0.25, 0.3) is 0 Å². The first kappa shape index (κ1) is 10.8. The highest BCUT2D eigenvalue weighted by molar-refractivity contribution is 6.21. The lowest BCUT2D eigenvalue weighted by molar-refractivity contribution is -0.136. The van der Waals surface area contributed by atoms with Gasteiger partial charge in [0.05, 0.1) is 18.4 Å². The lowest BCUT2D eigenvalue weighted by Crippen LogP contribution is -2.18. The van der Waals surface area contributed by atoms with Gasteiger partial charge in [-0.15, -0.1) is 0 Å². The standard InChI is InChI=1S/C14H11NO3/c1-18-14(17)8-6-11-12(15-7-8)9-4-2-3-5-10(9)13(11)16/h2-5,7,15H,6H2,1H3. The van der Waals surface area contributed by atoms with Gasteiger partial charge in [-0.25, -0.2) is 4.79 Å². The molecule has 0 atom stereocenters. The van der Waals surface area contributed by atoms with E-state index >= 15 is 0 Å². The normalized spacial score (nSPS) is 16.7. The Bertz CT molecular complexity index is 626. The number of carbonyl (C=O) groups excluding carboxylic acids is 2. The van der Waals surface area contributed by atoms with Crippen LogP contribution in [0.25, 0.3) is 5.70 Å². The van der Waals surface area contributed by atoms with Crippen LogP contribution in [0.5, 0.6) is 0 Å². The van der Waals surface area contributed by atoms with Crippen LogP contribution in [0.1, 0.15) is 22.3 Å². The number of fused-ring (bicyclic) bond motifs is 2. The average Bonchev–Trinajstić information content (AvgIpc) is 2.72. The Morgan fingerprint density at radius 2 is 2.00 bits per heavy atom. The molecular weight excluding hydrogens is 230 g/mol. The van der Waals surface area contributed by atoms with Crippen LogP contribution in [0.4, 0.5) is 0 Å². The Hall–Kier alpha value is -2.36. The second kappa shape index (κ2) is 3.84.